The van der Waals surface area contributed by atoms with Crippen molar-refractivity contribution in [2.24, 2.45) is 5.16 Å². The lowest BCUT2D eigenvalue weighted by atomic mass is 10.2. The second kappa shape index (κ2) is 6.74. The van der Waals surface area contributed by atoms with Gasteiger partial charge in [0.2, 0.25) is 5.88 Å². The highest BCUT2D eigenvalue weighted by molar-refractivity contribution is 6.31. The van der Waals surface area contributed by atoms with Gasteiger partial charge < -0.3 is 14.7 Å². The van der Waals surface area contributed by atoms with Gasteiger partial charge in [0, 0.05) is 11.8 Å². The Labute approximate surface area is 133 Å². The van der Waals surface area contributed by atoms with Crippen molar-refractivity contribution in [3.05, 3.63) is 52.7 Å². The van der Waals surface area contributed by atoms with Crippen LogP contribution in [0.25, 0.3) is 0 Å². The maximum absolute atomic E-state index is 12.6. The Morgan fingerprint density at radius 1 is 1.30 bits per heavy atom. The maximum Gasteiger partial charge on any atom is 0.417 e. The van der Waals surface area contributed by atoms with Crippen LogP contribution in [0.4, 0.5) is 13.2 Å². The maximum atomic E-state index is 12.6. The molecule has 0 atom stereocenters. The largest absolute Gasteiger partial charge is 0.479 e. The lowest BCUT2D eigenvalue weighted by molar-refractivity contribution is -0.137. The van der Waals surface area contributed by atoms with Gasteiger partial charge in [0.15, 0.2) is 0 Å². The van der Waals surface area contributed by atoms with E-state index in [1.165, 1.54) is 19.2 Å². The van der Waals surface area contributed by atoms with E-state index in [-0.39, 0.29) is 22.5 Å². The molecule has 5 nitrogen and oxygen atoms in total. The minimum absolute atomic E-state index is 0.0538. The summed E-state index contributed by atoms with van der Waals surface area (Å²) in [5.41, 5.74) is -0.576. The number of alkyl halides is 3. The van der Waals surface area contributed by atoms with Crippen molar-refractivity contribution in [1.29, 1.82) is 0 Å². The summed E-state index contributed by atoms with van der Waals surface area (Å²) in [6, 6.07) is 6.88. The fraction of sp³-hybridized carbons (Fsp3) is 0.143. The first kappa shape index (κ1) is 16.9. The number of oxime groups is 1. The summed E-state index contributed by atoms with van der Waals surface area (Å²) < 4.78 is 47.9. The van der Waals surface area contributed by atoms with Crippen LogP contribution in [-0.2, 0) is 10.9 Å². The molecule has 0 aliphatic heterocycles. The number of benzene rings is 1. The number of halogens is 4. The SMILES string of the molecule is COC(=NO)c1cccc(Oc2ncc(C(F)(F)F)cc2Cl)c1. The quantitative estimate of drug-likeness (QED) is 0.389. The molecular weight excluding hydrogens is 337 g/mol. The van der Waals surface area contributed by atoms with Crippen LogP contribution in [-0.4, -0.2) is 23.2 Å². The van der Waals surface area contributed by atoms with E-state index in [1.54, 1.807) is 12.1 Å². The number of rotatable bonds is 3. The van der Waals surface area contributed by atoms with Crippen LogP contribution in [0.2, 0.25) is 5.02 Å². The number of ether oxygens (including phenoxy) is 2. The molecular formula is C14H10ClF3N2O3. The Morgan fingerprint density at radius 3 is 2.61 bits per heavy atom. The molecule has 23 heavy (non-hydrogen) atoms. The molecule has 9 heteroatoms. The third-order valence-electron chi connectivity index (χ3n) is 2.71. The van der Waals surface area contributed by atoms with E-state index in [2.05, 4.69) is 10.1 Å². The van der Waals surface area contributed by atoms with E-state index in [9.17, 15) is 13.2 Å². The van der Waals surface area contributed by atoms with Crippen molar-refractivity contribution in [2.45, 2.75) is 6.18 Å². The number of aromatic nitrogens is 1. The first-order valence-corrected chi connectivity index (χ1v) is 6.50. The summed E-state index contributed by atoms with van der Waals surface area (Å²) in [6.07, 6.45) is -3.92. The average Bonchev–Trinajstić information content (AvgIpc) is 2.50. The second-order valence-corrected chi connectivity index (χ2v) is 4.66. The van der Waals surface area contributed by atoms with E-state index >= 15 is 0 Å². The van der Waals surface area contributed by atoms with Crippen LogP contribution in [0, 0.1) is 0 Å². The highest BCUT2D eigenvalue weighted by Gasteiger charge is 2.31. The first-order chi connectivity index (χ1) is 10.8. The lowest BCUT2D eigenvalue weighted by Gasteiger charge is -2.11. The van der Waals surface area contributed by atoms with Crippen molar-refractivity contribution in [1.82, 2.24) is 4.98 Å². The summed E-state index contributed by atoms with van der Waals surface area (Å²) in [4.78, 5) is 3.57. The molecule has 122 valence electrons. The summed E-state index contributed by atoms with van der Waals surface area (Å²) in [6.45, 7) is 0. The minimum atomic E-state index is -4.54. The van der Waals surface area contributed by atoms with Gasteiger partial charge >= 0.3 is 6.18 Å². The zero-order valence-electron chi connectivity index (χ0n) is 11.6. The zero-order valence-corrected chi connectivity index (χ0v) is 12.4. The van der Waals surface area contributed by atoms with Crippen LogP contribution >= 0.6 is 11.6 Å². The fourth-order valence-electron chi connectivity index (χ4n) is 1.68. The molecule has 1 aromatic heterocycles. The van der Waals surface area contributed by atoms with Gasteiger partial charge in [-0.2, -0.15) is 13.2 Å². The van der Waals surface area contributed by atoms with Gasteiger partial charge in [-0.3, -0.25) is 0 Å². The molecule has 2 aromatic rings. The molecule has 0 aliphatic carbocycles. The van der Waals surface area contributed by atoms with Gasteiger partial charge in [-0.25, -0.2) is 4.98 Å². The smallest absolute Gasteiger partial charge is 0.417 e. The Morgan fingerprint density at radius 2 is 2.04 bits per heavy atom. The molecule has 0 unspecified atom stereocenters. The standard InChI is InChI=1S/C14H10ClF3N2O3/c1-22-12(20-21)8-3-2-4-10(5-8)23-13-11(15)6-9(7-19-13)14(16,17)18/h2-7,21H,1H3. The van der Waals surface area contributed by atoms with Crippen LogP contribution in [0.1, 0.15) is 11.1 Å². The number of pyridine rings is 1. The van der Waals surface area contributed by atoms with E-state index in [4.69, 9.17) is 26.3 Å². The molecule has 0 saturated heterocycles. The fourth-order valence-corrected chi connectivity index (χ4v) is 1.88. The number of methoxy groups -OCH3 is 1. The minimum Gasteiger partial charge on any atom is -0.479 e. The van der Waals surface area contributed by atoms with Crippen molar-refractivity contribution in [3.8, 4) is 11.6 Å². The highest BCUT2D eigenvalue weighted by Crippen LogP contribution is 2.34. The third kappa shape index (κ3) is 4.04. The first-order valence-electron chi connectivity index (χ1n) is 6.12. The van der Waals surface area contributed by atoms with Gasteiger partial charge in [0.1, 0.15) is 10.8 Å². The lowest BCUT2D eigenvalue weighted by Crippen LogP contribution is -2.06. The van der Waals surface area contributed by atoms with Crippen LogP contribution in [0.5, 0.6) is 11.6 Å². The predicted molar refractivity (Wildman–Crippen MR) is 76.1 cm³/mol. The third-order valence-corrected chi connectivity index (χ3v) is 2.99. The van der Waals surface area contributed by atoms with Crippen molar-refractivity contribution < 1.29 is 27.9 Å². The molecule has 2 rings (SSSR count). The molecule has 1 N–H and O–H groups in total. The molecule has 0 fully saturated rings. The Hall–Kier alpha value is -2.48. The molecule has 0 bridgehead atoms. The predicted octanol–water partition coefficient (Wildman–Crippen LogP) is 4.33. The molecule has 0 spiro atoms. The van der Waals surface area contributed by atoms with Gasteiger partial charge in [-0.1, -0.05) is 17.7 Å². The number of hydrogen-bond acceptors (Lipinski definition) is 5. The molecule has 1 heterocycles. The summed E-state index contributed by atoms with van der Waals surface area (Å²) in [7, 11) is 1.32. The number of nitrogens with zero attached hydrogens (tertiary/aromatic N) is 2. The molecule has 0 saturated carbocycles. The molecule has 0 amide bonds. The van der Waals surface area contributed by atoms with Crippen LogP contribution < -0.4 is 4.74 Å². The van der Waals surface area contributed by atoms with E-state index in [0.717, 1.165) is 6.07 Å². The summed E-state index contributed by atoms with van der Waals surface area (Å²) in [5, 5.41) is 11.5. The summed E-state index contributed by atoms with van der Waals surface area (Å²) in [5.74, 6) is -0.00601. The topological polar surface area (TPSA) is 63.9 Å². The molecule has 0 radical (unpaired) electrons. The molecule has 0 aliphatic rings. The Bertz CT molecular complexity index is 735. The van der Waals surface area contributed by atoms with Gasteiger partial charge in [0.05, 0.1) is 12.7 Å². The van der Waals surface area contributed by atoms with Crippen LogP contribution in [0.15, 0.2) is 41.7 Å². The Balaban J connectivity index is 2.28. The molecule has 1 aromatic carbocycles. The van der Waals surface area contributed by atoms with E-state index in [1.807, 2.05) is 0 Å². The van der Waals surface area contributed by atoms with Crippen molar-refractivity contribution >= 4 is 17.5 Å². The van der Waals surface area contributed by atoms with Gasteiger partial charge in [-0.15, -0.1) is 0 Å². The number of hydrogen-bond donors (Lipinski definition) is 1. The normalized spacial score (nSPS) is 12.1. The highest BCUT2D eigenvalue weighted by atomic mass is 35.5. The Kier molecular flexibility index (Phi) is 4.95. The van der Waals surface area contributed by atoms with Gasteiger partial charge in [0.25, 0.3) is 5.90 Å². The van der Waals surface area contributed by atoms with Crippen LogP contribution in [0.3, 0.4) is 0 Å². The summed E-state index contributed by atoms with van der Waals surface area (Å²) >= 11 is 5.77. The van der Waals surface area contributed by atoms with E-state index < -0.39 is 11.7 Å². The van der Waals surface area contributed by atoms with E-state index in [0.29, 0.717) is 11.8 Å². The monoisotopic (exact) mass is 346 g/mol. The van der Waals surface area contributed by atoms with Crippen molar-refractivity contribution in [3.63, 3.8) is 0 Å². The van der Waals surface area contributed by atoms with Gasteiger partial charge in [-0.05, 0) is 29.4 Å². The average molecular weight is 347 g/mol. The van der Waals surface area contributed by atoms with Crippen molar-refractivity contribution in [2.75, 3.05) is 7.11 Å². The second-order valence-electron chi connectivity index (χ2n) is 4.25. The zero-order chi connectivity index (χ0) is 17.0.